The number of aryl methyl sites for hydroxylation is 1. The molecule has 0 amide bonds. The summed E-state index contributed by atoms with van der Waals surface area (Å²) < 4.78 is 13.8. The van der Waals surface area contributed by atoms with E-state index in [1.807, 2.05) is 42.5 Å². The Morgan fingerprint density at radius 1 is 1.17 bits per heavy atom. The van der Waals surface area contributed by atoms with Gasteiger partial charge in [-0.15, -0.1) is 6.58 Å². The standard InChI is InChI=1S/C27H23BrClN3O3/c1-4-7-19-12-18(13-25(34-3)26(19)35-16-20-8-5-6-9-23(20)29)15-30-32-17(2)31-24-11-10-21(28)14-22(24)27(32)33/h4-6,8-15H,1,7,16H2,2-3H3. The lowest BCUT2D eigenvalue weighted by Gasteiger charge is -2.16. The maximum Gasteiger partial charge on any atom is 0.282 e. The summed E-state index contributed by atoms with van der Waals surface area (Å²) in [6.07, 6.45) is 3.95. The summed E-state index contributed by atoms with van der Waals surface area (Å²) in [7, 11) is 1.58. The highest BCUT2D eigenvalue weighted by Gasteiger charge is 2.14. The molecule has 0 aliphatic carbocycles. The Morgan fingerprint density at radius 3 is 2.71 bits per heavy atom. The number of allylic oxidation sites excluding steroid dienone is 1. The van der Waals surface area contributed by atoms with Crippen LogP contribution in [-0.4, -0.2) is 23.0 Å². The lowest BCUT2D eigenvalue weighted by molar-refractivity contribution is 0.282. The van der Waals surface area contributed by atoms with Crippen molar-refractivity contribution >= 4 is 44.6 Å². The normalized spacial score (nSPS) is 11.2. The van der Waals surface area contributed by atoms with Crippen LogP contribution in [0, 0.1) is 6.92 Å². The molecular weight excluding hydrogens is 530 g/mol. The maximum absolute atomic E-state index is 13.0. The van der Waals surface area contributed by atoms with E-state index in [0.29, 0.717) is 46.3 Å². The molecule has 0 unspecified atom stereocenters. The molecule has 0 aliphatic heterocycles. The first kappa shape index (κ1) is 24.7. The van der Waals surface area contributed by atoms with E-state index >= 15 is 0 Å². The number of hydrogen-bond acceptors (Lipinski definition) is 5. The number of ether oxygens (including phenoxy) is 2. The molecule has 1 heterocycles. The minimum atomic E-state index is -0.247. The zero-order valence-electron chi connectivity index (χ0n) is 19.3. The molecular formula is C27H23BrClN3O3. The molecule has 0 atom stereocenters. The Balaban J connectivity index is 1.70. The highest BCUT2D eigenvalue weighted by Crippen LogP contribution is 2.34. The van der Waals surface area contributed by atoms with Crippen molar-refractivity contribution in [2.45, 2.75) is 20.0 Å². The topological polar surface area (TPSA) is 65.7 Å². The van der Waals surface area contributed by atoms with Crippen LogP contribution in [0.3, 0.4) is 0 Å². The molecule has 0 N–H and O–H groups in total. The SMILES string of the molecule is C=CCc1cc(C=Nn2c(C)nc3ccc(Br)cc3c2=O)cc(OC)c1OCc1ccccc1Cl. The molecule has 0 fully saturated rings. The first-order valence-electron chi connectivity index (χ1n) is 10.8. The van der Waals surface area contributed by atoms with Gasteiger partial charge in [0.1, 0.15) is 12.4 Å². The molecule has 0 saturated heterocycles. The number of nitrogens with zero attached hydrogens (tertiary/aromatic N) is 3. The molecule has 35 heavy (non-hydrogen) atoms. The fraction of sp³-hybridized carbons (Fsp3) is 0.148. The second kappa shape index (κ2) is 10.9. The van der Waals surface area contributed by atoms with Gasteiger partial charge in [-0.3, -0.25) is 4.79 Å². The van der Waals surface area contributed by atoms with E-state index in [9.17, 15) is 4.79 Å². The Kier molecular flexibility index (Phi) is 7.68. The van der Waals surface area contributed by atoms with E-state index in [0.717, 1.165) is 21.2 Å². The maximum atomic E-state index is 13.0. The minimum absolute atomic E-state index is 0.247. The van der Waals surface area contributed by atoms with Crippen molar-refractivity contribution in [3.8, 4) is 11.5 Å². The van der Waals surface area contributed by atoms with Crippen molar-refractivity contribution in [2.24, 2.45) is 5.10 Å². The van der Waals surface area contributed by atoms with Crippen LogP contribution >= 0.6 is 27.5 Å². The largest absolute Gasteiger partial charge is 0.493 e. The van der Waals surface area contributed by atoms with Crippen molar-refractivity contribution in [3.05, 3.63) is 110 Å². The van der Waals surface area contributed by atoms with Crippen molar-refractivity contribution in [3.63, 3.8) is 0 Å². The minimum Gasteiger partial charge on any atom is -0.493 e. The molecule has 3 aromatic carbocycles. The second-order valence-corrected chi connectivity index (χ2v) is 9.09. The van der Waals surface area contributed by atoms with E-state index in [1.165, 1.54) is 4.68 Å². The molecule has 4 aromatic rings. The highest BCUT2D eigenvalue weighted by atomic mass is 79.9. The first-order valence-corrected chi connectivity index (χ1v) is 12.0. The van der Waals surface area contributed by atoms with E-state index in [1.54, 1.807) is 38.5 Å². The van der Waals surface area contributed by atoms with Gasteiger partial charge in [0.05, 0.1) is 24.2 Å². The molecule has 0 aliphatic rings. The smallest absolute Gasteiger partial charge is 0.282 e. The van der Waals surface area contributed by atoms with Gasteiger partial charge < -0.3 is 9.47 Å². The van der Waals surface area contributed by atoms with Gasteiger partial charge >= 0.3 is 0 Å². The number of halogens is 2. The predicted molar refractivity (Wildman–Crippen MR) is 144 cm³/mol. The molecule has 0 bridgehead atoms. The number of methoxy groups -OCH3 is 1. The summed E-state index contributed by atoms with van der Waals surface area (Å²) in [5, 5.41) is 5.55. The summed E-state index contributed by atoms with van der Waals surface area (Å²) in [4.78, 5) is 17.5. The second-order valence-electron chi connectivity index (χ2n) is 7.77. The molecule has 6 nitrogen and oxygen atoms in total. The molecule has 1 aromatic heterocycles. The van der Waals surface area contributed by atoms with Crippen molar-refractivity contribution in [2.75, 3.05) is 7.11 Å². The van der Waals surface area contributed by atoms with Gasteiger partial charge in [0.15, 0.2) is 11.5 Å². The summed E-state index contributed by atoms with van der Waals surface area (Å²) in [6.45, 7) is 5.90. The Hall–Kier alpha value is -3.42. The van der Waals surface area contributed by atoms with Gasteiger partial charge in [-0.1, -0.05) is 51.8 Å². The van der Waals surface area contributed by atoms with Crippen LogP contribution in [-0.2, 0) is 13.0 Å². The molecule has 4 rings (SSSR count). The predicted octanol–water partition coefficient (Wildman–Crippen LogP) is 6.32. The van der Waals surface area contributed by atoms with E-state index in [4.69, 9.17) is 21.1 Å². The van der Waals surface area contributed by atoms with E-state index in [-0.39, 0.29) is 5.56 Å². The number of benzene rings is 3. The average Bonchev–Trinajstić information content (AvgIpc) is 2.84. The zero-order valence-corrected chi connectivity index (χ0v) is 21.6. The average molecular weight is 553 g/mol. The fourth-order valence-corrected chi connectivity index (χ4v) is 4.22. The summed E-state index contributed by atoms with van der Waals surface area (Å²) >= 11 is 9.69. The van der Waals surface area contributed by atoms with Crippen LogP contribution in [0.25, 0.3) is 10.9 Å². The molecule has 178 valence electrons. The Labute approximate surface area is 216 Å². The number of hydrogen-bond donors (Lipinski definition) is 0. The van der Waals surface area contributed by atoms with Crippen LogP contribution in [0.2, 0.25) is 5.02 Å². The summed E-state index contributed by atoms with van der Waals surface area (Å²) in [5.74, 6) is 1.64. The van der Waals surface area contributed by atoms with Gasteiger partial charge in [0.2, 0.25) is 0 Å². The first-order chi connectivity index (χ1) is 16.9. The molecule has 0 radical (unpaired) electrons. The number of fused-ring (bicyclic) bond motifs is 1. The van der Waals surface area contributed by atoms with Crippen LogP contribution in [0.4, 0.5) is 0 Å². The van der Waals surface area contributed by atoms with Crippen LogP contribution < -0.4 is 15.0 Å². The summed E-state index contributed by atoms with van der Waals surface area (Å²) in [5.41, 5.74) is 2.86. The molecule has 8 heteroatoms. The van der Waals surface area contributed by atoms with Gasteiger partial charge in [-0.2, -0.15) is 9.78 Å². The molecule has 0 spiro atoms. The van der Waals surface area contributed by atoms with E-state index in [2.05, 4.69) is 32.6 Å². The highest BCUT2D eigenvalue weighted by molar-refractivity contribution is 9.10. The van der Waals surface area contributed by atoms with Crippen LogP contribution in [0.5, 0.6) is 11.5 Å². The van der Waals surface area contributed by atoms with Gasteiger partial charge in [0.25, 0.3) is 5.56 Å². The van der Waals surface area contributed by atoms with Crippen molar-refractivity contribution in [1.29, 1.82) is 0 Å². The third-order valence-corrected chi connectivity index (χ3v) is 6.22. The monoisotopic (exact) mass is 551 g/mol. The Morgan fingerprint density at radius 2 is 1.97 bits per heavy atom. The van der Waals surface area contributed by atoms with Crippen LogP contribution in [0.1, 0.15) is 22.5 Å². The quantitative estimate of drug-likeness (QED) is 0.190. The van der Waals surface area contributed by atoms with Crippen molar-refractivity contribution in [1.82, 2.24) is 9.66 Å². The summed E-state index contributed by atoms with van der Waals surface area (Å²) in [6, 6.07) is 16.7. The Bertz CT molecular complexity index is 1500. The van der Waals surface area contributed by atoms with Crippen molar-refractivity contribution < 1.29 is 9.47 Å². The number of aromatic nitrogens is 2. The van der Waals surface area contributed by atoms with Gasteiger partial charge in [-0.25, -0.2) is 4.98 Å². The third-order valence-electron chi connectivity index (χ3n) is 5.36. The lowest BCUT2D eigenvalue weighted by Crippen LogP contribution is -2.20. The third kappa shape index (κ3) is 5.47. The molecule has 0 saturated carbocycles. The van der Waals surface area contributed by atoms with Gasteiger partial charge in [0, 0.05) is 20.6 Å². The van der Waals surface area contributed by atoms with Crippen LogP contribution in [0.15, 0.2) is 81.6 Å². The fourth-order valence-electron chi connectivity index (χ4n) is 3.67. The number of rotatable bonds is 8. The van der Waals surface area contributed by atoms with Gasteiger partial charge in [-0.05, 0) is 55.3 Å². The zero-order chi connectivity index (χ0) is 24.9. The van der Waals surface area contributed by atoms with E-state index < -0.39 is 0 Å². The lowest BCUT2D eigenvalue weighted by atomic mass is 10.1.